The third kappa shape index (κ3) is 3.20. The fraction of sp³-hybridized carbons (Fsp3) is 0.471. The minimum absolute atomic E-state index is 0.0687. The molecule has 4 rings (SSSR count). The summed E-state index contributed by atoms with van der Waals surface area (Å²) < 4.78 is 17.4. The molecule has 3 heterocycles. The first-order chi connectivity index (χ1) is 11.3. The Kier molecular flexibility index (Phi) is 4.20. The highest BCUT2D eigenvalue weighted by atomic mass is 32.1. The van der Waals surface area contributed by atoms with E-state index < -0.39 is 0 Å². The van der Waals surface area contributed by atoms with Crippen LogP contribution in [0.1, 0.15) is 22.4 Å². The lowest BCUT2D eigenvalue weighted by Gasteiger charge is -2.32. The zero-order chi connectivity index (χ0) is 15.6. The van der Waals surface area contributed by atoms with Crippen molar-refractivity contribution in [3.8, 4) is 11.5 Å². The second-order valence-electron chi connectivity index (χ2n) is 5.86. The molecule has 1 atom stereocenters. The number of fused-ring (bicyclic) bond motifs is 1. The molecule has 0 N–H and O–H groups in total. The molecule has 0 aliphatic carbocycles. The number of hydrogen-bond acceptors (Lipinski definition) is 6. The van der Waals surface area contributed by atoms with Crippen molar-refractivity contribution in [2.24, 2.45) is 0 Å². The number of hydrogen-bond donors (Lipinski definition) is 0. The average molecular weight is 332 g/mol. The van der Waals surface area contributed by atoms with Crippen LogP contribution >= 0.6 is 11.3 Å². The molecule has 0 radical (unpaired) electrons. The largest absolute Gasteiger partial charge is 0.486 e. The number of aryl methyl sites for hydroxylation is 1. The van der Waals surface area contributed by atoms with Crippen LogP contribution in [0, 0.1) is 6.92 Å². The van der Waals surface area contributed by atoms with Crippen LogP contribution < -0.4 is 9.47 Å². The molecule has 1 aromatic carbocycles. The molecule has 0 saturated carbocycles. The number of morpholine rings is 1. The molecule has 1 aromatic heterocycles. The molecule has 1 saturated heterocycles. The van der Waals surface area contributed by atoms with Crippen LogP contribution in [0.25, 0.3) is 0 Å². The Hall–Kier alpha value is -1.63. The summed E-state index contributed by atoms with van der Waals surface area (Å²) in [7, 11) is 0. The molecular weight excluding hydrogens is 312 g/mol. The first-order valence-corrected chi connectivity index (χ1v) is 8.81. The molecule has 1 unspecified atom stereocenters. The van der Waals surface area contributed by atoms with Crippen molar-refractivity contribution < 1.29 is 14.2 Å². The molecule has 6 heteroatoms. The zero-order valence-corrected chi connectivity index (χ0v) is 14.0. The van der Waals surface area contributed by atoms with Crippen molar-refractivity contribution in [2.45, 2.75) is 19.6 Å². The molecule has 0 bridgehead atoms. The summed E-state index contributed by atoms with van der Waals surface area (Å²) in [6, 6.07) is 6.12. The van der Waals surface area contributed by atoms with Crippen molar-refractivity contribution in [1.82, 2.24) is 9.88 Å². The summed E-state index contributed by atoms with van der Waals surface area (Å²) >= 11 is 1.68. The molecule has 5 nitrogen and oxygen atoms in total. The maximum Gasteiger partial charge on any atom is 0.165 e. The Balaban J connectivity index is 1.48. The first-order valence-electron chi connectivity index (χ1n) is 7.93. The van der Waals surface area contributed by atoms with E-state index in [0.29, 0.717) is 13.2 Å². The lowest BCUT2D eigenvalue weighted by Crippen LogP contribution is -2.38. The van der Waals surface area contributed by atoms with Gasteiger partial charge in [-0.3, -0.25) is 4.90 Å². The maximum atomic E-state index is 5.91. The van der Waals surface area contributed by atoms with E-state index in [9.17, 15) is 0 Å². The van der Waals surface area contributed by atoms with E-state index in [0.717, 1.165) is 48.4 Å². The summed E-state index contributed by atoms with van der Waals surface area (Å²) in [4.78, 5) is 6.97. The van der Waals surface area contributed by atoms with Crippen LogP contribution in [-0.2, 0) is 11.3 Å². The molecular formula is C17H20N2O3S. The smallest absolute Gasteiger partial charge is 0.165 e. The third-order valence-corrected chi connectivity index (χ3v) is 5.16. The minimum atomic E-state index is 0.0687. The SMILES string of the molecule is Cc1csc(C2CN(Cc3cccc4c3OCCO4)CCO2)n1. The van der Waals surface area contributed by atoms with Crippen LogP contribution in [0.15, 0.2) is 23.6 Å². The standard InChI is InChI=1S/C17H20N2O3S/c1-12-11-23-17(18-12)15-10-19(5-6-20-15)9-13-3-2-4-14-16(13)22-8-7-21-14/h2-4,11,15H,5-10H2,1H3. The van der Waals surface area contributed by atoms with Crippen LogP contribution in [0.3, 0.4) is 0 Å². The van der Waals surface area contributed by atoms with Crippen molar-refractivity contribution >= 4 is 11.3 Å². The summed E-state index contributed by atoms with van der Waals surface area (Å²) in [6.45, 7) is 6.62. The predicted molar refractivity (Wildman–Crippen MR) is 88.3 cm³/mol. The van der Waals surface area contributed by atoms with E-state index in [1.165, 1.54) is 5.56 Å². The van der Waals surface area contributed by atoms with Crippen LogP contribution in [0.2, 0.25) is 0 Å². The van der Waals surface area contributed by atoms with E-state index in [2.05, 4.69) is 21.3 Å². The van der Waals surface area contributed by atoms with Gasteiger partial charge in [-0.05, 0) is 13.0 Å². The van der Waals surface area contributed by atoms with E-state index in [1.807, 2.05) is 19.1 Å². The molecule has 2 aromatic rings. The Morgan fingerprint density at radius 1 is 1.26 bits per heavy atom. The number of rotatable bonds is 3. The molecule has 0 amide bonds. The van der Waals surface area contributed by atoms with E-state index >= 15 is 0 Å². The molecule has 2 aliphatic heterocycles. The topological polar surface area (TPSA) is 43.8 Å². The number of thiazole rings is 1. The minimum Gasteiger partial charge on any atom is -0.486 e. The molecule has 2 aliphatic rings. The quantitative estimate of drug-likeness (QED) is 0.865. The molecule has 122 valence electrons. The van der Waals surface area contributed by atoms with Crippen LogP contribution in [-0.4, -0.2) is 42.8 Å². The summed E-state index contributed by atoms with van der Waals surface area (Å²) in [6.07, 6.45) is 0.0687. The second-order valence-corrected chi connectivity index (χ2v) is 6.75. The van der Waals surface area contributed by atoms with Gasteiger partial charge in [-0.25, -0.2) is 4.98 Å². The van der Waals surface area contributed by atoms with Gasteiger partial charge in [0.1, 0.15) is 24.3 Å². The Labute approximate surface area is 139 Å². The van der Waals surface area contributed by atoms with Crippen molar-refractivity contribution in [3.05, 3.63) is 39.8 Å². The second kappa shape index (κ2) is 6.47. The maximum absolute atomic E-state index is 5.91. The number of benzene rings is 1. The Morgan fingerprint density at radius 2 is 2.17 bits per heavy atom. The lowest BCUT2D eigenvalue weighted by molar-refractivity contribution is -0.0333. The lowest BCUT2D eigenvalue weighted by atomic mass is 10.1. The molecule has 23 heavy (non-hydrogen) atoms. The number of aromatic nitrogens is 1. The monoisotopic (exact) mass is 332 g/mol. The van der Waals surface area contributed by atoms with Gasteiger partial charge in [-0.1, -0.05) is 12.1 Å². The highest BCUT2D eigenvalue weighted by molar-refractivity contribution is 7.09. The van der Waals surface area contributed by atoms with E-state index in [-0.39, 0.29) is 6.10 Å². The van der Waals surface area contributed by atoms with Gasteiger partial charge in [0.05, 0.1) is 6.61 Å². The molecule has 1 fully saturated rings. The van der Waals surface area contributed by atoms with Gasteiger partial charge in [0.15, 0.2) is 11.5 Å². The van der Waals surface area contributed by atoms with E-state index in [1.54, 1.807) is 11.3 Å². The number of ether oxygens (including phenoxy) is 3. The highest BCUT2D eigenvalue weighted by Crippen LogP contribution is 2.35. The van der Waals surface area contributed by atoms with Crippen molar-refractivity contribution in [2.75, 3.05) is 32.9 Å². The van der Waals surface area contributed by atoms with Crippen molar-refractivity contribution in [1.29, 1.82) is 0 Å². The van der Waals surface area contributed by atoms with Crippen LogP contribution in [0.5, 0.6) is 11.5 Å². The van der Waals surface area contributed by atoms with Gasteiger partial charge in [0.25, 0.3) is 0 Å². The number of para-hydroxylation sites is 1. The average Bonchev–Trinajstić information content (AvgIpc) is 3.02. The van der Waals surface area contributed by atoms with Gasteiger partial charge in [-0.15, -0.1) is 11.3 Å². The fourth-order valence-corrected chi connectivity index (χ4v) is 3.85. The Bertz CT molecular complexity index is 688. The van der Waals surface area contributed by atoms with Gasteiger partial charge in [-0.2, -0.15) is 0 Å². The third-order valence-electron chi connectivity index (χ3n) is 4.10. The van der Waals surface area contributed by atoms with Gasteiger partial charge >= 0.3 is 0 Å². The van der Waals surface area contributed by atoms with Gasteiger partial charge in [0.2, 0.25) is 0 Å². The summed E-state index contributed by atoms with van der Waals surface area (Å²) in [5.74, 6) is 1.75. The van der Waals surface area contributed by atoms with E-state index in [4.69, 9.17) is 14.2 Å². The first kappa shape index (κ1) is 14.9. The fourth-order valence-electron chi connectivity index (χ4n) is 3.02. The highest BCUT2D eigenvalue weighted by Gasteiger charge is 2.26. The van der Waals surface area contributed by atoms with Gasteiger partial charge < -0.3 is 14.2 Å². The predicted octanol–water partition coefficient (Wildman–Crippen LogP) is 2.80. The molecule has 0 spiro atoms. The summed E-state index contributed by atoms with van der Waals surface area (Å²) in [5, 5.41) is 3.15. The van der Waals surface area contributed by atoms with Gasteiger partial charge in [0, 0.05) is 36.3 Å². The normalized spacial score (nSPS) is 21.3. The van der Waals surface area contributed by atoms with Crippen molar-refractivity contribution in [3.63, 3.8) is 0 Å². The number of nitrogens with zero attached hydrogens (tertiary/aromatic N) is 2. The van der Waals surface area contributed by atoms with Crippen LogP contribution in [0.4, 0.5) is 0 Å². The zero-order valence-electron chi connectivity index (χ0n) is 13.2. The Morgan fingerprint density at radius 3 is 3.04 bits per heavy atom. The summed E-state index contributed by atoms with van der Waals surface area (Å²) in [5.41, 5.74) is 2.24.